The van der Waals surface area contributed by atoms with Gasteiger partial charge < -0.3 is 39.9 Å². The van der Waals surface area contributed by atoms with Gasteiger partial charge in [0.1, 0.15) is 23.7 Å². The van der Waals surface area contributed by atoms with Crippen LogP contribution in [-0.4, -0.2) is 93.1 Å². The number of carbonyl (C=O) groups excluding carboxylic acids is 4. The Morgan fingerprint density at radius 3 is 1.60 bits per heavy atom. The van der Waals surface area contributed by atoms with Crippen LogP contribution in [0.5, 0.6) is 0 Å². The van der Waals surface area contributed by atoms with Crippen molar-refractivity contribution in [2.75, 3.05) is 27.3 Å². The van der Waals surface area contributed by atoms with E-state index >= 15 is 0 Å². The third-order valence-electron chi connectivity index (χ3n) is 13.7. The van der Waals surface area contributed by atoms with E-state index in [0.717, 1.165) is 90.4 Å². The molecule has 4 bridgehead atoms. The number of alkyl carbamates (subject to hydrolysis) is 2. The van der Waals surface area contributed by atoms with Crippen LogP contribution >= 0.6 is 0 Å². The molecule has 0 radical (unpaired) electrons. The van der Waals surface area contributed by atoms with E-state index in [9.17, 15) is 24.4 Å². The molecule has 15 nitrogen and oxygen atoms in total. The van der Waals surface area contributed by atoms with Crippen LogP contribution in [-0.2, 0) is 44.7 Å². The van der Waals surface area contributed by atoms with Crippen molar-refractivity contribution < 1.29 is 28.7 Å². The minimum absolute atomic E-state index is 0.123. The summed E-state index contributed by atoms with van der Waals surface area (Å²) < 4.78 is 9.56. The average molecular weight is 914 g/mol. The molecule has 12 rings (SSSR count). The van der Waals surface area contributed by atoms with Gasteiger partial charge in [0.25, 0.3) is 0 Å². The van der Waals surface area contributed by atoms with Crippen molar-refractivity contribution in [1.82, 2.24) is 40.4 Å². The summed E-state index contributed by atoms with van der Waals surface area (Å²) in [6.45, 7) is 1.08. The fourth-order valence-electron chi connectivity index (χ4n) is 10.2. The number of amides is 4. The van der Waals surface area contributed by atoms with Gasteiger partial charge in [0.15, 0.2) is 0 Å². The normalized spacial score (nSPS) is 17.5. The lowest BCUT2D eigenvalue weighted by atomic mass is 9.87. The van der Waals surface area contributed by atoms with Crippen LogP contribution in [0.1, 0.15) is 97.4 Å². The van der Waals surface area contributed by atoms with E-state index in [4.69, 9.17) is 25.9 Å². The van der Waals surface area contributed by atoms with Crippen molar-refractivity contribution in [3.05, 3.63) is 107 Å². The lowest BCUT2D eigenvalue weighted by molar-refractivity contribution is -0.135. The standard InChI is InChI=1S/C53H55N9O6/c1-4-5-9-42(59-52(65)67-2)50(63)61-26-7-11-46(61)48-55-40-23-21-36(30-44(40)57-48)38-28-32-13-17-34(38)18-14-33-16-20-35(19-15-32)39(29-33)37-22-24-41-45(31-37)58-49(56-41)47-12-8-27-62(47)51(64)43(10-6-25-54)60-53(66)68-3/h1,13,16-17,20-24,28-31,42-43,46-47H,5-12,14-15,18-19,26-27H2,2-3H3,(H,55,57)(H,56,58)(H,59,65)(H,60,66)/t42-,43-,46-,47-/m0/s1. The molecule has 4 aliphatic carbocycles. The van der Waals surface area contributed by atoms with Gasteiger partial charge in [-0.25, -0.2) is 19.6 Å². The highest BCUT2D eigenvalue weighted by Crippen LogP contribution is 2.37. The summed E-state index contributed by atoms with van der Waals surface area (Å²) >= 11 is 0. The van der Waals surface area contributed by atoms with Crippen molar-refractivity contribution in [2.24, 2.45) is 0 Å². The maximum absolute atomic E-state index is 13.8. The fraction of sp³-hybridized carbons (Fsp3) is 0.377. The summed E-state index contributed by atoms with van der Waals surface area (Å²) in [6.07, 6.45) is 11.6. The van der Waals surface area contributed by atoms with Gasteiger partial charge in [0.05, 0.1) is 54.4 Å². The molecule has 4 aromatic carbocycles. The van der Waals surface area contributed by atoms with Crippen LogP contribution in [0.15, 0.2) is 72.8 Å². The molecule has 2 aliphatic heterocycles. The summed E-state index contributed by atoms with van der Waals surface area (Å²) in [5.74, 6) is 3.55. The van der Waals surface area contributed by atoms with Crippen LogP contribution in [0.25, 0.3) is 44.3 Å². The largest absolute Gasteiger partial charge is 0.453 e. The van der Waals surface area contributed by atoms with Crippen LogP contribution in [0.4, 0.5) is 9.59 Å². The molecule has 6 aliphatic rings. The number of aryl methyl sites for hydroxylation is 4. The Morgan fingerprint density at radius 2 is 1.16 bits per heavy atom. The number of terminal acetylenes is 1. The Labute approximate surface area is 395 Å². The highest BCUT2D eigenvalue weighted by molar-refractivity contribution is 5.88. The van der Waals surface area contributed by atoms with Crippen molar-refractivity contribution in [3.63, 3.8) is 0 Å². The molecule has 348 valence electrons. The fourth-order valence-corrected chi connectivity index (χ4v) is 10.2. The number of hydrogen-bond donors (Lipinski definition) is 4. The van der Waals surface area contributed by atoms with Crippen molar-refractivity contribution in [3.8, 4) is 40.7 Å². The Bertz CT molecular complexity index is 2780. The molecule has 4 heterocycles. The molecule has 15 heteroatoms. The molecule has 2 fully saturated rings. The highest BCUT2D eigenvalue weighted by Gasteiger charge is 2.38. The number of benzene rings is 4. The van der Waals surface area contributed by atoms with Gasteiger partial charge in [-0.05, 0) is 133 Å². The summed E-state index contributed by atoms with van der Waals surface area (Å²) in [4.78, 5) is 72.3. The van der Waals surface area contributed by atoms with E-state index in [2.05, 4.69) is 93.3 Å². The van der Waals surface area contributed by atoms with Crippen molar-refractivity contribution >= 4 is 46.1 Å². The van der Waals surface area contributed by atoms with E-state index in [1.807, 2.05) is 12.1 Å². The van der Waals surface area contributed by atoms with Crippen LogP contribution in [0, 0.1) is 23.7 Å². The summed E-state index contributed by atoms with van der Waals surface area (Å²) in [7, 11) is 2.52. The van der Waals surface area contributed by atoms with Gasteiger partial charge in [-0.1, -0.05) is 48.5 Å². The maximum atomic E-state index is 13.8. The van der Waals surface area contributed by atoms with Gasteiger partial charge in [0.2, 0.25) is 11.8 Å². The third kappa shape index (κ3) is 9.47. The Hall–Kier alpha value is -7.65. The molecule has 2 aromatic heterocycles. The topological polar surface area (TPSA) is 198 Å². The smallest absolute Gasteiger partial charge is 0.407 e. The number of nitrogens with zero attached hydrogens (tertiary/aromatic N) is 5. The first-order valence-electron chi connectivity index (χ1n) is 23.5. The Morgan fingerprint density at radius 1 is 0.691 bits per heavy atom. The zero-order valence-corrected chi connectivity index (χ0v) is 38.4. The van der Waals surface area contributed by atoms with Gasteiger partial charge >= 0.3 is 12.2 Å². The Kier molecular flexibility index (Phi) is 13.4. The minimum Gasteiger partial charge on any atom is -0.453 e. The van der Waals surface area contributed by atoms with Gasteiger partial charge in [0, 0.05) is 25.9 Å². The quantitative estimate of drug-likeness (QED) is 0.0876. The van der Waals surface area contributed by atoms with Gasteiger partial charge in [-0.3, -0.25) is 9.59 Å². The Balaban J connectivity index is 0.933. The summed E-state index contributed by atoms with van der Waals surface area (Å²) in [5, 5.41) is 14.5. The average Bonchev–Trinajstić information content (AvgIpc) is 4.20. The second-order valence-corrected chi connectivity index (χ2v) is 17.9. The highest BCUT2D eigenvalue weighted by atomic mass is 16.5. The van der Waals surface area contributed by atoms with E-state index in [-0.39, 0.29) is 36.7 Å². The second-order valence-electron chi connectivity index (χ2n) is 17.9. The third-order valence-corrected chi connectivity index (χ3v) is 13.7. The number of nitrogens with one attached hydrogen (secondary N) is 4. The molecule has 0 saturated carbocycles. The number of aromatic nitrogens is 4. The molecule has 4 atom stereocenters. The molecule has 0 spiro atoms. The predicted molar refractivity (Wildman–Crippen MR) is 257 cm³/mol. The lowest BCUT2D eigenvalue weighted by Crippen LogP contribution is -2.48. The van der Waals surface area contributed by atoms with E-state index in [0.29, 0.717) is 31.8 Å². The molecule has 68 heavy (non-hydrogen) atoms. The first-order valence-corrected chi connectivity index (χ1v) is 23.5. The first kappa shape index (κ1) is 45.5. The number of ether oxygens (including phenoxy) is 2. The first-order chi connectivity index (χ1) is 33.1. The minimum atomic E-state index is -0.867. The monoisotopic (exact) mass is 913 g/mol. The number of fused-ring (bicyclic) bond motifs is 2. The number of likely N-dealkylation sites (tertiary alicyclic amines) is 2. The molecular formula is C53H55N9O6. The van der Waals surface area contributed by atoms with Crippen LogP contribution in [0.3, 0.4) is 0 Å². The molecule has 4 amide bonds. The lowest BCUT2D eigenvalue weighted by Gasteiger charge is -2.28. The molecule has 2 saturated heterocycles. The van der Waals surface area contributed by atoms with Crippen molar-refractivity contribution in [2.45, 2.75) is 101 Å². The molecule has 0 unspecified atom stereocenters. The van der Waals surface area contributed by atoms with Crippen LogP contribution in [0.2, 0.25) is 0 Å². The van der Waals surface area contributed by atoms with Gasteiger partial charge in [-0.15, -0.1) is 12.3 Å². The van der Waals surface area contributed by atoms with E-state index < -0.39 is 24.3 Å². The van der Waals surface area contributed by atoms with E-state index in [1.54, 1.807) is 9.80 Å². The zero-order valence-electron chi connectivity index (χ0n) is 38.4. The summed E-state index contributed by atoms with van der Waals surface area (Å²) in [5.41, 5.74) is 13.0. The number of H-pyrrole nitrogens is 2. The molecule has 4 N–H and O–H groups in total. The molecular weight excluding hydrogens is 859 g/mol. The number of imidazole rings is 2. The number of hydrogen-bond acceptors (Lipinski definition) is 9. The second kappa shape index (κ2) is 20.1. The maximum Gasteiger partial charge on any atom is 0.407 e. The van der Waals surface area contributed by atoms with Gasteiger partial charge in [-0.2, -0.15) is 5.26 Å². The molecule has 6 aromatic rings. The van der Waals surface area contributed by atoms with E-state index in [1.165, 1.54) is 47.6 Å². The zero-order chi connectivity index (χ0) is 47.3. The van der Waals surface area contributed by atoms with Crippen LogP contribution < -0.4 is 10.6 Å². The number of carbonyl (C=O) groups is 4. The number of aromatic amines is 2. The SMILES string of the molecule is C#CCC[C@H](NC(=O)OC)C(=O)N1CCC[C@H]1c1nc2ccc(-c3cc4ccc3CCc3ccc(c(-c5ccc6nc([C@@H]7CCCN7C(=O)[C@H](CCC#N)NC(=O)OC)[nH]c6c5)c3)CC4)cc2[nH]1. The predicted octanol–water partition coefficient (Wildman–Crippen LogP) is 8.15. The number of methoxy groups -OCH3 is 2. The number of nitriles is 1. The summed E-state index contributed by atoms with van der Waals surface area (Å²) in [6, 6.07) is 26.2. The number of rotatable bonds is 12. The van der Waals surface area contributed by atoms with Crippen molar-refractivity contribution in [1.29, 1.82) is 5.26 Å².